The van der Waals surface area contributed by atoms with Crippen LogP contribution in [0.4, 0.5) is 5.69 Å². The first-order valence-corrected chi connectivity index (χ1v) is 13.4. The molecule has 0 fully saturated rings. The fourth-order valence-corrected chi connectivity index (χ4v) is 4.61. The van der Waals surface area contributed by atoms with Crippen molar-refractivity contribution < 1.29 is 13.9 Å². The molecule has 8 nitrogen and oxygen atoms in total. The minimum Gasteiger partial charge on any atom is -0.494 e. The van der Waals surface area contributed by atoms with E-state index in [2.05, 4.69) is 20.8 Å². The number of aryl methyl sites for hydroxylation is 1. The van der Waals surface area contributed by atoms with E-state index in [9.17, 15) is 4.79 Å². The Balaban J connectivity index is 1.22. The van der Waals surface area contributed by atoms with E-state index in [0.717, 1.165) is 22.5 Å². The first-order chi connectivity index (χ1) is 19.3. The van der Waals surface area contributed by atoms with Gasteiger partial charge < -0.3 is 14.5 Å². The zero-order valence-electron chi connectivity index (χ0n) is 21.4. The predicted molar refractivity (Wildman–Crippen MR) is 162 cm³/mol. The van der Waals surface area contributed by atoms with Crippen molar-refractivity contribution in [3.05, 3.63) is 94.2 Å². The highest BCUT2D eigenvalue weighted by molar-refractivity contribution is 7.80. The van der Waals surface area contributed by atoms with Gasteiger partial charge in [-0.2, -0.15) is 4.80 Å². The Morgan fingerprint density at radius 3 is 2.52 bits per heavy atom. The second-order valence-corrected chi connectivity index (χ2v) is 9.93. The van der Waals surface area contributed by atoms with Gasteiger partial charge in [0, 0.05) is 22.3 Å². The largest absolute Gasteiger partial charge is 0.494 e. The van der Waals surface area contributed by atoms with Crippen LogP contribution in [-0.2, 0) is 4.79 Å². The van der Waals surface area contributed by atoms with Crippen LogP contribution < -0.4 is 15.4 Å². The standard InChI is InChI=1S/C29H23Cl2N5O3S/c1-3-38-20-7-5-19(6-8-20)36-34-25-14-17(2)24(16-26(25)35-36)32-29(40)33-28(37)13-10-21-9-12-27(39-21)22-11-4-18(30)15-23(22)31/h4-16H,3H2,1-2H3,(H2,32,33,37,40)/b13-10+. The molecule has 0 unspecified atom stereocenters. The number of furan rings is 1. The first kappa shape index (κ1) is 27.4. The van der Waals surface area contributed by atoms with Gasteiger partial charge in [0.15, 0.2) is 5.11 Å². The van der Waals surface area contributed by atoms with Gasteiger partial charge in [0.2, 0.25) is 5.91 Å². The maximum Gasteiger partial charge on any atom is 0.250 e. The van der Waals surface area contributed by atoms with E-state index in [4.69, 9.17) is 44.6 Å². The number of benzene rings is 3. The maximum absolute atomic E-state index is 12.5. The molecule has 0 aliphatic rings. The van der Waals surface area contributed by atoms with Crippen molar-refractivity contribution in [2.75, 3.05) is 11.9 Å². The van der Waals surface area contributed by atoms with Crippen molar-refractivity contribution >= 4 is 69.2 Å². The SMILES string of the molecule is CCOc1ccc(-n2nc3cc(C)c(NC(=S)NC(=O)/C=C/c4ccc(-c5ccc(Cl)cc5Cl)o4)cc3n2)cc1. The van der Waals surface area contributed by atoms with Gasteiger partial charge in [-0.05, 0) is 104 Å². The number of hydrogen-bond donors (Lipinski definition) is 2. The first-order valence-electron chi connectivity index (χ1n) is 12.3. The van der Waals surface area contributed by atoms with Gasteiger partial charge in [-0.3, -0.25) is 10.1 Å². The summed E-state index contributed by atoms with van der Waals surface area (Å²) in [4.78, 5) is 14.0. The number of halogens is 2. The van der Waals surface area contributed by atoms with Crippen molar-refractivity contribution in [2.45, 2.75) is 13.8 Å². The van der Waals surface area contributed by atoms with Crippen LogP contribution in [0.25, 0.3) is 34.1 Å². The van der Waals surface area contributed by atoms with Crippen LogP contribution in [0.3, 0.4) is 0 Å². The number of nitrogens with zero attached hydrogens (tertiary/aromatic N) is 3. The number of carbonyl (C=O) groups excluding carboxylic acids is 1. The van der Waals surface area contributed by atoms with Gasteiger partial charge >= 0.3 is 0 Å². The molecule has 202 valence electrons. The van der Waals surface area contributed by atoms with E-state index in [1.54, 1.807) is 41.2 Å². The van der Waals surface area contributed by atoms with Crippen LogP contribution in [-0.4, -0.2) is 32.6 Å². The summed E-state index contributed by atoms with van der Waals surface area (Å²) in [7, 11) is 0. The van der Waals surface area contributed by atoms with Gasteiger partial charge in [-0.25, -0.2) is 0 Å². The molecule has 0 atom stereocenters. The van der Waals surface area contributed by atoms with Crippen LogP contribution in [0.5, 0.6) is 5.75 Å². The number of anilines is 1. The summed E-state index contributed by atoms with van der Waals surface area (Å²) >= 11 is 17.6. The van der Waals surface area contributed by atoms with Crippen molar-refractivity contribution in [3.63, 3.8) is 0 Å². The zero-order chi connectivity index (χ0) is 28.2. The van der Waals surface area contributed by atoms with Crippen LogP contribution in [0, 0.1) is 6.92 Å². The Bertz CT molecular complexity index is 1740. The molecule has 2 N–H and O–H groups in total. The van der Waals surface area contributed by atoms with Gasteiger partial charge in [-0.15, -0.1) is 10.2 Å². The number of nitrogens with one attached hydrogen (secondary N) is 2. The number of aromatic nitrogens is 3. The van der Waals surface area contributed by atoms with Crippen LogP contribution in [0.2, 0.25) is 10.0 Å². The Labute approximate surface area is 245 Å². The quantitative estimate of drug-likeness (QED) is 0.152. The van der Waals surface area contributed by atoms with Crippen LogP contribution in [0.15, 0.2) is 77.2 Å². The van der Waals surface area contributed by atoms with E-state index in [0.29, 0.717) is 44.9 Å². The normalized spacial score (nSPS) is 11.2. The molecule has 0 radical (unpaired) electrons. The third-order valence-corrected chi connectivity index (χ3v) is 6.56. The number of thiocarbonyl (C=S) groups is 1. The summed E-state index contributed by atoms with van der Waals surface area (Å²) in [5, 5.41) is 16.0. The Kier molecular flexibility index (Phi) is 8.16. The molecule has 3 aromatic carbocycles. The maximum atomic E-state index is 12.5. The highest BCUT2D eigenvalue weighted by Gasteiger charge is 2.12. The van der Waals surface area contributed by atoms with Crippen molar-refractivity contribution in [1.82, 2.24) is 20.3 Å². The smallest absolute Gasteiger partial charge is 0.250 e. The number of ether oxygens (including phenoxy) is 1. The predicted octanol–water partition coefficient (Wildman–Crippen LogP) is 7.22. The Hall–Kier alpha value is -4.18. The molecular weight excluding hydrogens is 569 g/mol. The van der Waals surface area contributed by atoms with E-state index < -0.39 is 5.91 Å². The fourth-order valence-electron chi connectivity index (χ4n) is 3.90. The second-order valence-electron chi connectivity index (χ2n) is 8.68. The summed E-state index contributed by atoms with van der Waals surface area (Å²) in [6.07, 6.45) is 2.88. The molecule has 0 saturated heterocycles. The molecule has 5 rings (SSSR count). The summed E-state index contributed by atoms with van der Waals surface area (Å²) in [5.41, 5.74) is 4.50. The summed E-state index contributed by atoms with van der Waals surface area (Å²) in [6.45, 7) is 4.46. The van der Waals surface area contributed by atoms with E-state index >= 15 is 0 Å². The molecule has 11 heteroatoms. The molecule has 2 aromatic heterocycles. The average Bonchev–Trinajstić information content (AvgIpc) is 3.55. The lowest BCUT2D eigenvalue weighted by Gasteiger charge is -2.10. The number of amides is 1. The molecule has 0 bridgehead atoms. The third kappa shape index (κ3) is 6.34. The monoisotopic (exact) mass is 591 g/mol. The number of rotatable bonds is 7. The molecule has 0 aliphatic carbocycles. The molecule has 0 saturated carbocycles. The van der Waals surface area contributed by atoms with Crippen LogP contribution in [0.1, 0.15) is 18.2 Å². The van der Waals surface area contributed by atoms with Gasteiger partial charge in [-0.1, -0.05) is 23.2 Å². The van der Waals surface area contributed by atoms with Gasteiger partial charge in [0.1, 0.15) is 28.3 Å². The number of fused-ring (bicyclic) bond motifs is 1. The lowest BCUT2D eigenvalue weighted by atomic mass is 10.2. The number of carbonyl (C=O) groups is 1. The van der Waals surface area contributed by atoms with Gasteiger partial charge in [0.05, 0.1) is 17.3 Å². The Morgan fingerprint density at radius 1 is 1.05 bits per heavy atom. The number of hydrogen-bond acceptors (Lipinski definition) is 6. The third-order valence-electron chi connectivity index (χ3n) is 5.81. The van der Waals surface area contributed by atoms with E-state index in [1.807, 2.05) is 50.2 Å². The molecule has 40 heavy (non-hydrogen) atoms. The topological polar surface area (TPSA) is 94.2 Å². The zero-order valence-corrected chi connectivity index (χ0v) is 23.8. The molecular formula is C29H23Cl2N5O3S. The molecule has 5 aromatic rings. The lowest BCUT2D eigenvalue weighted by Crippen LogP contribution is -2.33. The minimum atomic E-state index is -0.417. The van der Waals surface area contributed by atoms with E-state index in [-0.39, 0.29) is 5.11 Å². The van der Waals surface area contributed by atoms with Crippen molar-refractivity contribution in [2.24, 2.45) is 0 Å². The highest BCUT2D eigenvalue weighted by Crippen LogP contribution is 2.31. The fraction of sp³-hybridized carbons (Fsp3) is 0.103. The summed E-state index contributed by atoms with van der Waals surface area (Å²) < 4.78 is 11.3. The second kappa shape index (κ2) is 11.9. The minimum absolute atomic E-state index is 0.143. The summed E-state index contributed by atoms with van der Waals surface area (Å²) in [5.74, 6) is 1.41. The molecule has 2 heterocycles. The molecule has 1 amide bonds. The lowest BCUT2D eigenvalue weighted by molar-refractivity contribution is -0.115. The molecule has 0 spiro atoms. The van der Waals surface area contributed by atoms with E-state index in [1.165, 1.54) is 6.08 Å². The molecule has 0 aliphatic heterocycles. The van der Waals surface area contributed by atoms with Gasteiger partial charge in [0.25, 0.3) is 0 Å². The average molecular weight is 593 g/mol. The highest BCUT2D eigenvalue weighted by atomic mass is 35.5. The Morgan fingerprint density at radius 2 is 1.80 bits per heavy atom. The van der Waals surface area contributed by atoms with Crippen LogP contribution >= 0.6 is 35.4 Å². The summed E-state index contributed by atoms with van der Waals surface area (Å²) in [6, 6.07) is 19.9. The van der Waals surface area contributed by atoms with Crippen molar-refractivity contribution in [1.29, 1.82) is 0 Å². The van der Waals surface area contributed by atoms with Crippen molar-refractivity contribution in [3.8, 4) is 22.8 Å².